The van der Waals surface area contributed by atoms with Crippen molar-refractivity contribution in [3.05, 3.63) is 75.8 Å². The number of aliphatic hydroxyl groups is 1. The van der Waals surface area contributed by atoms with Gasteiger partial charge in [0.1, 0.15) is 18.7 Å². The fourth-order valence-electron chi connectivity index (χ4n) is 2.66. The second-order valence-corrected chi connectivity index (χ2v) is 6.43. The normalized spacial score (nSPS) is 12.3. The highest BCUT2D eigenvalue weighted by Crippen LogP contribution is 2.19. The fraction of sp³-hybridized carbons (Fsp3) is 0.250. The van der Waals surface area contributed by atoms with E-state index in [4.69, 9.17) is 4.74 Å². The number of benzene rings is 2. The zero-order valence-electron chi connectivity index (χ0n) is 16.3. The molecular formula is C20H21N3O8. The molecule has 2 atom stereocenters. The summed E-state index contributed by atoms with van der Waals surface area (Å²) in [5.74, 6) is -2.42. The first kappa shape index (κ1) is 23.3. The Morgan fingerprint density at radius 3 is 2.26 bits per heavy atom. The molecule has 0 heterocycles. The number of carboxylic acids is 1. The van der Waals surface area contributed by atoms with Gasteiger partial charge in [0.05, 0.1) is 11.5 Å². The van der Waals surface area contributed by atoms with Gasteiger partial charge in [-0.25, -0.2) is 9.59 Å². The lowest BCUT2D eigenvalue weighted by Crippen LogP contribution is -2.53. The number of nitrogens with zero attached hydrogens (tertiary/aromatic N) is 1. The number of alkyl carbamates (subject to hydrolysis) is 1. The smallest absolute Gasteiger partial charge is 0.408 e. The van der Waals surface area contributed by atoms with Crippen molar-refractivity contribution in [3.8, 4) is 0 Å². The van der Waals surface area contributed by atoms with Crippen molar-refractivity contribution in [2.24, 2.45) is 0 Å². The minimum Gasteiger partial charge on any atom is -0.480 e. The number of aliphatic carboxylic acids is 1. The molecule has 0 aliphatic rings. The molecule has 0 aliphatic heterocycles. The molecule has 4 N–H and O–H groups in total. The summed E-state index contributed by atoms with van der Waals surface area (Å²) < 4.78 is 4.97. The van der Waals surface area contributed by atoms with Crippen LogP contribution in [0.15, 0.2) is 54.6 Å². The number of rotatable bonds is 10. The van der Waals surface area contributed by atoms with Crippen molar-refractivity contribution < 1.29 is 34.3 Å². The van der Waals surface area contributed by atoms with Gasteiger partial charge in [0, 0.05) is 18.1 Å². The van der Waals surface area contributed by atoms with E-state index in [2.05, 4.69) is 10.6 Å². The van der Waals surface area contributed by atoms with Gasteiger partial charge in [0.25, 0.3) is 5.69 Å². The van der Waals surface area contributed by atoms with Crippen LogP contribution in [0.25, 0.3) is 0 Å². The highest BCUT2D eigenvalue weighted by molar-refractivity contribution is 5.89. The molecule has 11 heteroatoms. The number of nitro groups is 1. The number of hydrogen-bond acceptors (Lipinski definition) is 7. The van der Waals surface area contributed by atoms with Crippen LogP contribution in [0.3, 0.4) is 0 Å². The number of carboxylic acid groups (broad SMARTS) is 1. The summed E-state index contributed by atoms with van der Waals surface area (Å²) in [6.07, 6.45) is -1.35. The third-order valence-corrected chi connectivity index (χ3v) is 4.23. The molecule has 0 bridgehead atoms. The molecule has 0 fully saturated rings. The van der Waals surface area contributed by atoms with Gasteiger partial charge < -0.3 is 25.6 Å². The molecule has 11 nitrogen and oxygen atoms in total. The molecule has 0 unspecified atom stereocenters. The molecule has 0 aromatic heterocycles. The first-order valence-electron chi connectivity index (χ1n) is 9.15. The number of hydrogen-bond donors (Lipinski definition) is 4. The van der Waals surface area contributed by atoms with Crippen LogP contribution in [0.2, 0.25) is 0 Å². The molecule has 2 aromatic carbocycles. The Bertz CT molecular complexity index is 935. The van der Waals surface area contributed by atoms with Crippen molar-refractivity contribution >= 4 is 23.7 Å². The van der Waals surface area contributed by atoms with Crippen molar-refractivity contribution in [1.29, 1.82) is 0 Å². The summed E-state index contributed by atoms with van der Waals surface area (Å²) in [5.41, 5.74) is 0.526. The average Bonchev–Trinajstić information content (AvgIpc) is 2.76. The first-order chi connectivity index (χ1) is 14.8. The Balaban J connectivity index is 1.99. The maximum absolute atomic E-state index is 12.4. The van der Waals surface area contributed by atoms with Crippen molar-refractivity contribution in [3.63, 3.8) is 0 Å². The zero-order chi connectivity index (χ0) is 22.8. The number of nitrogens with one attached hydrogen (secondary N) is 2. The average molecular weight is 431 g/mol. The maximum Gasteiger partial charge on any atom is 0.408 e. The van der Waals surface area contributed by atoms with Crippen LogP contribution in [0, 0.1) is 10.1 Å². The zero-order valence-corrected chi connectivity index (χ0v) is 16.3. The first-order valence-corrected chi connectivity index (χ1v) is 9.15. The van der Waals surface area contributed by atoms with Gasteiger partial charge in [-0.15, -0.1) is 0 Å². The van der Waals surface area contributed by atoms with Gasteiger partial charge in [0.2, 0.25) is 5.91 Å². The molecule has 0 saturated carbocycles. The second-order valence-electron chi connectivity index (χ2n) is 6.43. The molecule has 2 amide bonds. The molecular weight excluding hydrogens is 410 g/mol. The summed E-state index contributed by atoms with van der Waals surface area (Å²) in [6.45, 7) is -0.883. The molecule has 164 valence electrons. The predicted molar refractivity (Wildman–Crippen MR) is 107 cm³/mol. The summed E-state index contributed by atoms with van der Waals surface area (Å²) >= 11 is 0. The van der Waals surface area contributed by atoms with E-state index < -0.39 is 41.6 Å². The van der Waals surface area contributed by atoms with Gasteiger partial charge in [-0.1, -0.05) is 48.5 Å². The summed E-state index contributed by atoms with van der Waals surface area (Å²) in [7, 11) is 0. The lowest BCUT2D eigenvalue weighted by Gasteiger charge is -2.20. The van der Waals surface area contributed by atoms with Crippen LogP contribution in [0.5, 0.6) is 0 Å². The van der Waals surface area contributed by atoms with Crippen LogP contribution < -0.4 is 10.6 Å². The summed E-state index contributed by atoms with van der Waals surface area (Å²) in [6, 6.07) is 11.3. The molecule has 31 heavy (non-hydrogen) atoms. The summed E-state index contributed by atoms with van der Waals surface area (Å²) in [5, 5.41) is 34.3. The lowest BCUT2D eigenvalue weighted by molar-refractivity contribution is -0.385. The van der Waals surface area contributed by atoms with Gasteiger partial charge in [-0.05, 0) is 5.56 Å². The highest BCUT2D eigenvalue weighted by atomic mass is 16.6. The number of carbonyl (C=O) groups excluding carboxylic acids is 2. The SMILES string of the molecule is O=C(N[C@@H](CO)C(=O)N[C@@H](Cc1ccccc1[N+](=O)[O-])C(=O)O)OCc1ccccc1. The largest absolute Gasteiger partial charge is 0.480 e. The molecule has 2 rings (SSSR count). The number of aliphatic hydroxyl groups excluding tert-OH is 1. The van der Waals surface area contributed by atoms with E-state index in [1.165, 1.54) is 24.3 Å². The topological polar surface area (TPSA) is 168 Å². The predicted octanol–water partition coefficient (Wildman–Crippen LogP) is 0.994. The Morgan fingerprint density at radius 2 is 1.65 bits per heavy atom. The standard InChI is InChI=1S/C20H21N3O8/c24-11-16(22-20(28)31-12-13-6-2-1-3-7-13)18(25)21-15(19(26)27)10-14-8-4-5-9-17(14)23(29)30/h1-9,15-16,24H,10-12H2,(H,21,25)(H,22,28)(H,26,27)/t15-,16-/m0/s1. The Labute approximate surface area is 176 Å². The fourth-order valence-corrected chi connectivity index (χ4v) is 2.66. The lowest BCUT2D eigenvalue weighted by atomic mass is 10.0. The van der Waals surface area contributed by atoms with Crippen molar-refractivity contribution in [2.45, 2.75) is 25.1 Å². The van der Waals surface area contributed by atoms with Crippen LogP contribution >= 0.6 is 0 Å². The van der Waals surface area contributed by atoms with E-state index in [-0.39, 0.29) is 24.3 Å². The van der Waals surface area contributed by atoms with Gasteiger partial charge in [0.15, 0.2) is 0 Å². The second kappa shape index (κ2) is 11.3. The molecule has 0 saturated heterocycles. The van der Waals surface area contributed by atoms with Gasteiger partial charge in [-0.2, -0.15) is 0 Å². The monoisotopic (exact) mass is 431 g/mol. The van der Waals surface area contributed by atoms with Crippen LogP contribution in [-0.4, -0.2) is 51.8 Å². The quantitative estimate of drug-likeness (QED) is 0.319. The van der Waals surface area contributed by atoms with Crippen LogP contribution in [0.1, 0.15) is 11.1 Å². The number of amides is 2. The van der Waals surface area contributed by atoms with E-state index >= 15 is 0 Å². The van der Waals surface area contributed by atoms with Crippen LogP contribution in [-0.2, 0) is 27.4 Å². The van der Waals surface area contributed by atoms with E-state index in [9.17, 15) is 34.7 Å². The number of nitro benzene ring substituents is 1. The highest BCUT2D eigenvalue weighted by Gasteiger charge is 2.28. The Morgan fingerprint density at radius 1 is 1.00 bits per heavy atom. The van der Waals surface area contributed by atoms with Crippen molar-refractivity contribution in [1.82, 2.24) is 10.6 Å². The van der Waals surface area contributed by atoms with E-state index in [0.717, 1.165) is 0 Å². The molecule has 0 spiro atoms. The van der Waals surface area contributed by atoms with Crippen molar-refractivity contribution in [2.75, 3.05) is 6.61 Å². The van der Waals surface area contributed by atoms with E-state index in [1.54, 1.807) is 30.3 Å². The number of para-hydroxylation sites is 1. The number of carbonyl (C=O) groups is 3. The molecule has 2 aromatic rings. The molecule has 0 radical (unpaired) electrons. The third kappa shape index (κ3) is 7.08. The van der Waals surface area contributed by atoms with E-state index in [0.29, 0.717) is 5.56 Å². The van der Waals surface area contributed by atoms with E-state index in [1.807, 2.05) is 0 Å². The Kier molecular flexibility index (Phi) is 8.46. The third-order valence-electron chi connectivity index (χ3n) is 4.23. The van der Waals surface area contributed by atoms with Gasteiger partial charge in [-0.3, -0.25) is 14.9 Å². The minimum atomic E-state index is -1.52. The number of ether oxygens (including phenoxy) is 1. The maximum atomic E-state index is 12.4. The Hall–Kier alpha value is -3.99. The summed E-state index contributed by atoms with van der Waals surface area (Å²) in [4.78, 5) is 46.3. The van der Waals surface area contributed by atoms with Crippen LogP contribution in [0.4, 0.5) is 10.5 Å². The molecule has 0 aliphatic carbocycles. The minimum absolute atomic E-state index is 0.0676. The van der Waals surface area contributed by atoms with Gasteiger partial charge >= 0.3 is 12.1 Å².